The Balaban J connectivity index is 2.02. The largest absolute Gasteiger partial charge is 0.478 e. The second-order valence-electron chi connectivity index (χ2n) is 7.23. The molecule has 0 bridgehead atoms. The van der Waals surface area contributed by atoms with E-state index < -0.39 is 16.0 Å². The molecule has 0 aliphatic carbocycles. The van der Waals surface area contributed by atoms with Crippen molar-refractivity contribution in [1.82, 2.24) is 4.98 Å². The van der Waals surface area contributed by atoms with Crippen molar-refractivity contribution < 1.29 is 18.3 Å². The number of nitrogens with one attached hydrogen (secondary N) is 1. The molecule has 2 heterocycles. The minimum Gasteiger partial charge on any atom is -0.478 e. The molecule has 2 N–H and O–H groups in total. The molecule has 1 aliphatic heterocycles. The molecule has 3 rings (SSSR count). The van der Waals surface area contributed by atoms with Crippen LogP contribution in [0.4, 0.5) is 11.5 Å². The standard InChI is InChI=1S/C20H25N3O4S/c1-14-9-15(2)11-17(10-14)28(26,27)22-18-12-16(20(24)25)13-21-19(18)23-7-5-3-4-6-8-23/h9-13,22H,3-8H2,1-2H3,(H,24,25). The van der Waals surface area contributed by atoms with Crippen molar-refractivity contribution in [2.75, 3.05) is 22.7 Å². The lowest BCUT2D eigenvalue weighted by atomic mass is 10.2. The second-order valence-corrected chi connectivity index (χ2v) is 8.91. The number of hydrogen-bond acceptors (Lipinski definition) is 5. The number of sulfonamides is 1. The Morgan fingerprint density at radius 3 is 2.21 bits per heavy atom. The van der Waals surface area contributed by atoms with Crippen LogP contribution in [-0.4, -0.2) is 37.6 Å². The molecule has 2 aromatic rings. The van der Waals surface area contributed by atoms with Gasteiger partial charge in [-0.25, -0.2) is 18.2 Å². The zero-order valence-corrected chi connectivity index (χ0v) is 16.9. The fourth-order valence-corrected chi connectivity index (χ4v) is 4.72. The van der Waals surface area contributed by atoms with E-state index in [1.54, 1.807) is 12.1 Å². The molecule has 7 nitrogen and oxygen atoms in total. The second kappa shape index (κ2) is 8.18. The van der Waals surface area contributed by atoms with Gasteiger partial charge in [0.2, 0.25) is 0 Å². The SMILES string of the molecule is Cc1cc(C)cc(S(=O)(=O)Nc2cc(C(=O)O)cnc2N2CCCCCC2)c1. The van der Waals surface area contributed by atoms with Crippen LogP contribution >= 0.6 is 0 Å². The Hall–Kier alpha value is -2.61. The monoisotopic (exact) mass is 403 g/mol. The van der Waals surface area contributed by atoms with E-state index in [-0.39, 0.29) is 16.1 Å². The molecule has 8 heteroatoms. The van der Waals surface area contributed by atoms with Gasteiger partial charge in [0.1, 0.15) is 0 Å². The van der Waals surface area contributed by atoms with Crippen molar-refractivity contribution in [1.29, 1.82) is 0 Å². The molecule has 150 valence electrons. The van der Waals surface area contributed by atoms with Gasteiger partial charge in [-0.3, -0.25) is 4.72 Å². The van der Waals surface area contributed by atoms with Crippen LogP contribution in [0, 0.1) is 13.8 Å². The van der Waals surface area contributed by atoms with E-state index in [1.807, 2.05) is 24.8 Å². The number of hydrogen-bond donors (Lipinski definition) is 2. The number of pyridine rings is 1. The van der Waals surface area contributed by atoms with Gasteiger partial charge >= 0.3 is 5.97 Å². The molecule has 0 atom stereocenters. The van der Waals surface area contributed by atoms with Crippen LogP contribution in [0.5, 0.6) is 0 Å². The van der Waals surface area contributed by atoms with Gasteiger partial charge in [-0.05, 0) is 56.0 Å². The van der Waals surface area contributed by atoms with E-state index in [2.05, 4.69) is 9.71 Å². The minimum atomic E-state index is -3.88. The molecule has 1 aliphatic rings. The summed E-state index contributed by atoms with van der Waals surface area (Å²) in [6.07, 6.45) is 5.50. The van der Waals surface area contributed by atoms with Gasteiger partial charge < -0.3 is 10.0 Å². The fourth-order valence-electron chi connectivity index (χ4n) is 3.48. The van der Waals surface area contributed by atoms with E-state index in [9.17, 15) is 18.3 Å². The zero-order chi connectivity index (χ0) is 20.3. The topological polar surface area (TPSA) is 99.6 Å². The van der Waals surface area contributed by atoms with Crippen molar-refractivity contribution in [2.45, 2.75) is 44.4 Å². The summed E-state index contributed by atoms with van der Waals surface area (Å²) in [5, 5.41) is 9.31. The number of carboxylic acid groups (broad SMARTS) is 1. The summed E-state index contributed by atoms with van der Waals surface area (Å²) >= 11 is 0. The molecule has 0 spiro atoms. The maximum Gasteiger partial charge on any atom is 0.337 e. The van der Waals surface area contributed by atoms with Crippen molar-refractivity contribution in [3.63, 3.8) is 0 Å². The van der Waals surface area contributed by atoms with Crippen molar-refractivity contribution in [3.05, 3.63) is 47.2 Å². The first kappa shape index (κ1) is 20.1. The maximum atomic E-state index is 13.0. The molecule has 0 unspecified atom stereocenters. The van der Waals surface area contributed by atoms with Crippen LogP contribution < -0.4 is 9.62 Å². The number of aromatic carboxylic acids is 1. The predicted octanol–water partition coefficient (Wildman–Crippen LogP) is 3.58. The number of rotatable bonds is 5. The Labute approximate surface area is 165 Å². The lowest BCUT2D eigenvalue weighted by molar-refractivity contribution is 0.0696. The fraction of sp³-hybridized carbons (Fsp3) is 0.400. The van der Waals surface area contributed by atoms with Gasteiger partial charge in [0, 0.05) is 19.3 Å². The summed E-state index contributed by atoms with van der Waals surface area (Å²) in [6, 6.07) is 6.43. The van der Waals surface area contributed by atoms with Crippen molar-refractivity contribution >= 4 is 27.5 Å². The van der Waals surface area contributed by atoms with Crippen molar-refractivity contribution in [3.8, 4) is 0 Å². The normalized spacial score (nSPS) is 15.1. The number of aromatic nitrogens is 1. The average Bonchev–Trinajstić information content (AvgIpc) is 2.89. The first-order valence-electron chi connectivity index (χ1n) is 9.36. The molecule has 0 radical (unpaired) electrons. The minimum absolute atomic E-state index is 0.0586. The van der Waals surface area contributed by atoms with Crippen LogP contribution in [0.15, 0.2) is 35.4 Å². The molecular formula is C20H25N3O4S. The number of aryl methyl sites for hydroxylation is 2. The lowest BCUT2D eigenvalue weighted by Crippen LogP contribution is -2.27. The van der Waals surface area contributed by atoms with E-state index in [1.165, 1.54) is 12.3 Å². The van der Waals surface area contributed by atoms with Gasteiger partial charge in [0.15, 0.2) is 5.82 Å². The van der Waals surface area contributed by atoms with E-state index in [4.69, 9.17) is 0 Å². The number of carboxylic acids is 1. The predicted molar refractivity (Wildman–Crippen MR) is 109 cm³/mol. The Kier molecular flexibility index (Phi) is 5.88. The van der Waals surface area contributed by atoms with E-state index in [0.29, 0.717) is 5.82 Å². The van der Waals surface area contributed by atoms with Gasteiger partial charge in [0.25, 0.3) is 10.0 Å². The summed E-state index contributed by atoms with van der Waals surface area (Å²) < 4.78 is 28.5. The smallest absolute Gasteiger partial charge is 0.337 e. The highest BCUT2D eigenvalue weighted by atomic mass is 32.2. The lowest BCUT2D eigenvalue weighted by Gasteiger charge is -2.24. The van der Waals surface area contributed by atoms with Crippen LogP contribution in [0.2, 0.25) is 0 Å². The third-order valence-corrected chi connectivity index (χ3v) is 6.11. The van der Waals surface area contributed by atoms with E-state index >= 15 is 0 Å². The van der Waals surface area contributed by atoms with Gasteiger partial charge in [-0.1, -0.05) is 18.9 Å². The Bertz CT molecular complexity index is 961. The van der Waals surface area contributed by atoms with Crippen LogP contribution in [0.3, 0.4) is 0 Å². The van der Waals surface area contributed by atoms with E-state index in [0.717, 1.165) is 49.9 Å². The quantitative estimate of drug-likeness (QED) is 0.792. The van der Waals surface area contributed by atoms with Gasteiger partial charge in [-0.2, -0.15) is 0 Å². The molecule has 0 saturated carbocycles. The number of nitrogens with zero attached hydrogens (tertiary/aromatic N) is 2. The Morgan fingerprint density at radius 1 is 1.04 bits per heavy atom. The maximum absolute atomic E-state index is 13.0. The summed E-state index contributed by atoms with van der Waals surface area (Å²) in [4.78, 5) is 17.9. The molecule has 28 heavy (non-hydrogen) atoms. The number of benzene rings is 1. The summed E-state index contributed by atoms with van der Waals surface area (Å²) in [5.74, 6) is -0.679. The highest BCUT2D eigenvalue weighted by Crippen LogP contribution is 2.29. The zero-order valence-electron chi connectivity index (χ0n) is 16.1. The summed E-state index contributed by atoms with van der Waals surface area (Å²) in [7, 11) is -3.88. The number of carbonyl (C=O) groups is 1. The molecule has 1 fully saturated rings. The van der Waals surface area contributed by atoms with Gasteiger partial charge in [-0.15, -0.1) is 0 Å². The molecule has 1 saturated heterocycles. The summed E-state index contributed by atoms with van der Waals surface area (Å²) in [6.45, 7) is 5.19. The molecule has 1 aromatic heterocycles. The highest BCUT2D eigenvalue weighted by Gasteiger charge is 2.22. The third kappa shape index (κ3) is 4.62. The van der Waals surface area contributed by atoms with Crippen LogP contribution in [0.1, 0.15) is 47.2 Å². The first-order valence-corrected chi connectivity index (χ1v) is 10.8. The molecule has 1 aromatic carbocycles. The third-order valence-electron chi connectivity index (χ3n) is 4.77. The average molecular weight is 404 g/mol. The van der Waals surface area contributed by atoms with Crippen LogP contribution in [-0.2, 0) is 10.0 Å². The van der Waals surface area contributed by atoms with Crippen LogP contribution in [0.25, 0.3) is 0 Å². The summed E-state index contributed by atoms with van der Waals surface area (Å²) in [5.41, 5.74) is 1.81. The van der Waals surface area contributed by atoms with Crippen molar-refractivity contribution in [2.24, 2.45) is 0 Å². The molecular weight excluding hydrogens is 378 g/mol. The first-order chi connectivity index (χ1) is 13.3. The Morgan fingerprint density at radius 2 is 1.64 bits per heavy atom. The number of anilines is 2. The molecule has 0 amide bonds. The highest BCUT2D eigenvalue weighted by molar-refractivity contribution is 7.92. The van der Waals surface area contributed by atoms with Gasteiger partial charge in [0.05, 0.1) is 16.1 Å².